The Kier molecular flexibility index (Phi) is 7.35. The SMILES string of the molecule is CCC(C)C12O[C@@H]3[C@@]4(O)[C@@H](OC(=O)c5ccccc5)[C@]5(C)C[C@@]4(O)[C@@](C)([C@H]5CC(=O)OC)[C@]4(C[C@H](OC(C)=O)[C@]5(C)C(=CC(=O)O[C@H]5c5ccoc5)[C@@]34O1)O2. The zero-order chi connectivity index (χ0) is 39.4. The summed E-state index contributed by atoms with van der Waals surface area (Å²) in [4.78, 5) is 54.6. The molecule has 7 aliphatic rings. The highest BCUT2D eigenvalue weighted by molar-refractivity contribution is 5.90. The highest BCUT2D eigenvalue weighted by Crippen LogP contribution is 2.88. The standard InChI is InChI=1S/C41H46O14/c1-8-21(2)41-53-33-39(47)32(52-31(45)23-12-10-9-11-13-23)34(4)20-37(39,46)36(6,25(34)16-28(43)48-7)38(54-41)18-27(50-22(3)42)35(5)26(40(33,38)55-41)17-29(44)51-30(35)24-14-15-49-19-24/h9-15,17,19,21,25,27,30,32-33,46-47H,8,16,18,20H2,1-7H3/t21?,25-,27-,30-,32-,33+,34+,35-,36+,37+,38-,39-,40+,41?/m0/s1. The van der Waals surface area contributed by atoms with Crippen LogP contribution in [0, 0.1) is 28.1 Å². The van der Waals surface area contributed by atoms with Gasteiger partial charge in [0.2, 0.25) is 0 Å². The van der Waals surface area contributed by atoms with E-state index >= 15 is 0 Å². The molecule has 2 aromatic rings. The molecular weight excluding hydrogens is 716 g/mol. The molecule has 1 spiro atoms. The number of hydrogen-bond acceptors (Lipinski definition) is 14. The van der Waals surface area contributed by atoms with E-state index in [1.807, 2.05) is 13.8 Å². The molecule has 55 heavy (non-hydrogen) atoms. The molecule has 14 atom stereocenters. The summed E-state index contributed by atoms with van der Waals surface area (Å²) in [5, 5.41) is 27.4. The molecule has 14 heteroatoms. The number of methoxy groups -OCH3 is 1. The van der Waals surface area contributed by atoms with Gasteiger partial charge in [-0.3, -0.25) is 9.59 Å². The molecule has 4 aliphatic carbocycles. The van der Waals surface area contributed by atoms with Crippen molar-refractivity contribution in [2.24, 2.45) is 28.1 Å². The van der Waals surface area contributed by atoms with Gasteiger partial charge in [-0.15, -0.1) is 0 Å². The zero-order valence-corrected chi connectivity index (χ0v) is 31.8. The summed E-state index contributed by atoms with van der Waals surface area (Å²) in [6, 6.07) is 9.92. The van der Waals surface area contributed by atoms with Crippen molar-refractivity contribution in [3.63, 3.8) is 0 Å². The number of ether oxygens (including phenoxy) is 7. The van der Waals surface area contributed by atoms with E-state index in [2.05, 4.69) is 0 Å². The van der Waals surface area contributed by atoms with Gasteiger partial charge in [0, 0.05) is 48.2 Å². The summed E-state index contributed by atoms with van der Waals surface area (Å²) >= 11 is 0. The van der Waals surface area contributed by atoms with Gasteiger partial charge >= 0.3 is 23.9 Å². The fourth-order valence-electron chi connectivity index (χ4n) is 12.7. The van der Waals surface area contributed by atoms with Crippen LogP contribution >= 0.6 is 0 Å². The lowest BCUT2D eigenvalue weighted by atomic mass is 9.34. The van der Waals surface area contributed by atoms with Crippen LogP contribution in [0.2, 0.25) is 0 Å². The molecule has 2 saturated heterocycles. The first-order valence-electron chi connectivity index (χ1n) is 18.9. The topological polar surface area (TPSA) is 186 Å². The van der Waals surface area contributed by atoms with Crippen LogP contribution in [-0.4, -0.2) is 87.9 Å². The maximum atomic E-state index is 14.1. The van der Waals surface area contributed by atoms with Crippen molar-refractivity contribution in [2.75, 3.05) is 7.11 Å². The summed E-state index contributed by atoms with van der Waals surface area (Å²) < 4.78 is 50.9. The largest absolute Gasteiger partial charge is 0.472 e. The van der Waals surface area contributed by atoms with Gasteiger partial charge in [0.1, 0.15) is 35.6 Å². The van der Waals surface area contributed by atoms with Crippen LogP contribution < -0.4 is 0 Å². The first kappa shape index (κ1) is 36.6. The van der Waals surface area contributed by atoms with E-state index in [4.69, 9.17) is 37.6 Å². The first-order valence-corrected chi connectivity index (χ1v) is 18.9. The third-order valence-electron chi connectivity index (χ3n) is 15.1. The number of carbonyl (C=O) groups excluding carboxylic acids is 4. The average Bonchev–Trinajstić information content (AvgIpc) is 3.94. The fourth-order valence-corrected chi connectivity index (χ4v) is 12.7. The number of cyclic esters (lactones) is 1. The molecule has 9 rings (SSSR count). The molecule has 1 aromatic carbocycles. The Morgan fingerprint density at radius 1 is 1.04 bits per heavy atom. The minimum absolute atomic E-state index is 0.137. The lowest BCUT2D eigenvalue weighted by Gasteiger charge is -2.76. The molecule has 3 aliphatic heterocycles. The number of hydrogen-bond donors (Lipinski definition) is 2. The summed E-state index contributed by atoms with van der Waals surface area (Å²) in [5.74, 6) is -6.04. The number of furan rings is 1. The van der Waals surface area contributed by atoms with Gasteiger partial charge in [-0.05, 0) is 49.5 Å². The molecule has 294 valence electrons. The number of benzene rings is 1. The van der Waals surface area contributed by atoms with E-state index in [1.54, 1.807) is 57.2 Å². The monoisotopic (exact) mass is 762 g/mol. The highest BCUT2D eigenvalue weighted by Gasteiger charge is 3.03. The molecule has 6 fully saturated rings. The number of carbonyl (C=O) groups is 4. The maximum absolute atomic E-state index is 14.1. The third-order valence-corrected chi connectivity index (χ3v) is 15.1. The lowest BCUT2D eigenvalue weighted by molar-refractivity contribution is -0.457. The van der Waals surface area contributed by atoms with Gasteiger partial charge in [-0.2, -0.15) is 0 Å². The van der Waals surface area contributed by atoms with E-state index in [1.165, 1.54) is 32.6 Å². The molecule has 2 N–H and O–H groups in total. The number of rotatable bonds is 8. The molecule has 14 nitrogen and oxygen atoms in total. The number of esters is 4. The van der Waals surface area contributed by atoms with E-state index in [9.17, 15) is 29.4 Å². The minimum Gasteiger partial charge on any atom is -0.472 e. The second kappa shape index (κ2) is 11.1. The first-order chi connectivity index (χ1) is 25.9. The second-order valence-electron chi connectivity index (χ2n) is 17.2. The van der Waals surface area contributed by atoms with Crippen LogP contribution in [0.5, 0.6) is 0 Å². The number of fused-ring (bicyclic) bond motifs is 4. The van der Waals surface area contributed by atoms with Crippen LogP contribution in [0.15, 0.2) is 65.0 Å². The van der Waals surface area contributed by atoms with Crippen molar-refractivity contribution in [1.29, 1.82) is 0 Å². The van der Waals surface area contributed by atoms with Crippen molar-refractivity contribution in [1.82, 2.24) is 0 Å². The average molecular weight is 763 g/mol. The van der Waals surface area contributed by atoms with Crippen molar-refractivity contribution in [3.05, 3.63) is 71.7 Å². The lowest BCUT2D eigenvalue weighted by Crippen LogP contribution is -2.93. The summed E-state index contributed by atoms with van der Waals surface area (Å²) in [6.45, 7) is 10.4. The Morgan fingerprint density at radius 2 is 1.76 bits per heavy atom. The Morgan fingerprint density at radius 3 is 2.40 bits per heavy atom. The van der Waals surface area contributed by atoms with E-state index in [-0.39, 0.29) is 30.4 Å². The molecule has 4 saturated carbocycles. The van der Waals surface area contributed by atoms with Crippen LogP contribution in [0.4, 0.5) is 0 Å². The third kappa shape index (κ3) is 3.83. The van der Waals surface area contributed by atoms with Gasteiger partial charge in [0.05, 0.1) is 30.6 Å². The fraction of sp³-hybridized carbons (Fsp3) is 0.610. The number of aliphatic hydroxyl groups is 2. The van der Waals surface area contributed by atoms with Gasteiger partial charge in [-0.25, -0.2) is 9.59 Å². The Hall–Kier alpha value is -4.08. The molecule has 0 amide bonds. The highest BCUT2D eigenvalue weighted by atomic mass is 17.0. The van der Waals surface area contributed by atoms with E-state index in [0.717, 1.165) is 0 Å². The Balaban J connectivity index is 1.36. The molecule has 0 radical (unpaired) electrons. The molecule has 4 bridgehead atoms. The predicted molar refractivity (Wildman–Crippen MR) is 185 cm³/mol. The van der Waals surface area contributed by atoms with Crippen LogP contribution in [0.3, 0.4) is 0 Å². The van der Waals surface area contributed by atoms with Gasteiger partial charge in [0.25, 0.3) is 5.97 Å². The molecular formula is C41H46O14. The minimum atomic E-state index is -2.43. The molecule has 1 aromatic heterocycles. The Bertz CT molecular complexity index is 2030. The van der Waals surface area contributed by atoms with Crippen molar-refractivity contribution in [2.45, 2.75) is 120 Å². The van der Waals surface area contributed by atoms with Gasteiger partial charge in [-0.1, -0.05) is 45.9 Å². The molecule has 4 heterocycles. The van der Waals surface area contributed by atoms with Gasteiger partial charge < -0.3 is 47.8 Å². The van der Waals surface area contributed by atoms with Crippen molar-refractivity contribution >= 4 is 23.9 Å². The quantitative estimate of drug-likeness (QED) is 0.289. The molecule has 2 unspecified atom stereocenters. The van der Waals surface area contributed by atoms with Gasteiger partial charge in [0.15, 0.2) is 11.2 Å². The van der Waals surface area contributed by atoms with Crippen LogP contribution in [0.25, 0.3) is 0 Å². The summed E-state index contributed by atoms with van der Waals surface area (Å²) in [7, 11) is 1.26. The van der Waals surface area contributed by atoms with Crippen molar-refractivity contribution in [3.8, 4) is 0 Å². The van der Waals surface area contributed by atoms with E-state index in [0.29, 0.717) is 12.0 Å². The summed E-state index contributed by atoms with van der Waals surface area (Å²) in [6.07, 6.45) is -1.13. The van der Waals surface area contributed by atoms with E-state index < -0.39 is 105 Å². The zero-order valence-electron chi connectivity index (χ0n) is 31.8. The second-order valence-corrected chi connectivity index (χ2v) is 17.2. The summed E-state index contributed by atoms with van der Waals surface area (Å²) in [5.41, 5.74) is -11.7. The Labute approximate surface area is 317 Å². The van der Waals surface area contributed by atoms with Crippen LogP contribution in [-0.2, 0) is 47.5 Å². The normalized spacial score (nSPS) is 47.3. The van der Waals surface area contributed by atoms with Crippen molar-refractivity contribution < 1.29 is 67.0 Å². The smallest absolute Gasteiger partial charge is 0.338 e. The maximum Gasteiger partial charge on any atom is 0.338 e. The van der Waals surface area contributed by atoms with Crippen LogP contribution in [0.1, 0.15) is 89.3 Å². The predicted octanol–water partition coefficient (Wildman–Crippen LogP) is 4.08.